The molecule has 0 heteroatoms. The van der Waals surface area contributed by atoms with Crippen molar-refractivity contribution in [3.8, 4) is 0 Å². The maximum atomic E-state index is 2.47. The van der Waals surface area contributed by atoms with Crippen LogP contribution in [-0.4, -0.2) is 0 Å². The van der Waals surface area contributed by atoms with Crippen molar-refractivity contribution in [2.45, 2.75) is 39.5 Å². The first-order chi connectivity index (χ1) is 4.22. The number of hydrogen-bond acceptors (Lipinski definition) is 0. The van der Waals surface area contributed by atoms with Gasteiger partial charge in [-0.3, -0.25) is 0 Å². The Hall–Kier alpha value is 0. The van der Waals surface area contributed by atoms with Crippen LogP contribution < -0.4 is 0 Å². The number of rotatable bonds is 0. The minimum Gasteiger partial charge on any atom is -0.0622 e. The van der Waals surface area contributed by atoms with Crippen molar-refractivity contribution in [2.24, 2.45) is 17.3 Å². The normalized spacial score (nSPS) is 56.7. The number of fused-ring (bicyclic) bond motifs is 1. The maximum Gasteiger partial charge on any atom is -0.0292 e. The third-order valence-corrected chi connectivity index (χ3v) is 3.52. The van der Waals surface area contributed by atoms with Crippen molar-refractivity contribution in [1.29, 1.82) is 0 Å². The molecule has 9 heavy (non-hydrogen) atoms. The molecule has 2 saturated carbocycles. The second kappa shape index (κ2) is 1.53. The van der Waals surface area contributed by atoms with Gasteiger partial charge in [-0.1, -0.05) is 26.7 Å². The van der Waals surface area contributed by atoms with Gasteiger partial charge in [0.25, 0.3) is 0 Å². The fraction of sp³-hybridized carbons (Fsp3) is 1.00. The molecule has 0 aromatic heterocycles. The average Bonchev–Trinajstić information content (AvgIpc) is 2.43. The molecular weight excluding hydrogens is 108 g/mol. The molecule has 0 radical (unpaired) electrons. The van der Waals surface area contributed by atoms with E-state index in [1.165, 1.54) is 25.7 Å². The zero-order chi connectivity index (χ0) is 6.48. The molecule has 52 valence electrons. The van der Waals surface area contributed by atoms with Crippen molar-refractivity contribution in [1.82, 2.24) is 0 Å². The Balaban J connectivity index is 2.07. The minimum atomic E-state index is 0.817. The summed E-state index contributed by atoms with van der Waals surface area (Å²) in [4.78, 5) is 0. The van der Waals surface area contributed by atoms with Gasteiger partial charge in [-0.2, -0.15) is 0 Å². The van der Waals surface area contributed by atoms with Gasteiger partial charge in [0.15, 0.2) is 0 Å². The Morgan fingerprint density at radius 1 is 1.44 bits per heavy atom. The first-order valence-corrected chi connectivity index (χ1v) is 4.22. The molecule has 0 saturated heterocycles. The summed E-state index contributed by atoms with van der Waals surface area (Å²) in [6, 6.07) is 0. The molecule has 0 aromatic rings. The average molecular weight is 124 g/mol. The van der Waals surface area contributed by atoms with Gasteiger partial charge in [0.1, 0.15) is 0 Å². The Bertz CT molecular complexity index is 128. The summed E-state index contributed by atoms with van der Waals surface area (Å²) in [7, 11) is 0. The first-order valence-electron chi connectivity index (χ1n) is 4.22. The molecule has 0 spiro atoms. The molecule has 3 atom stereocenters. The predicted octanol–water partition coefficient (Wildman–Crippen LogP) is 2.83. The fourth-order valence-corrected chi connectivity index (χ4v) is 2.65. The van der Waals surface area contributed by atoms with Gasteiger partial charge in [0.2, 0.25) is 0 Å². The summed E-state index contributed by atoms with van der Waals surface area (Å²) in [5.41, 5.74) is 0.817. The molecule has 2 rings (SSSR count). The van der Waals surface area contributed by atoms with Crippen molar-refractivity contribution in [2.75, 3.05) is 0 Å². The standard InChI is InChI=1S/C9H16/c1-7-4-3-5-9(2)6-8(7)9/h7-8H,3-6H2,1-2H3/t7-,8+,9-/m1/s1. The van der Waals surface area contributed by atoms with Crippen LogP contribution in [0.2, 0.25) is 0 Å². The second-order valence-corrected chi connectivity index (χ2v) is 4.33. The van der Waals surface area contributed by atoms with Crippen LogP contribution in [0.25, 0.3) is 0 Å². The number of hydrogen-bond donors (Lipinski definition) is 0. The summed E-state index contributed by atoms with van der Waals surface area (Å²) in [6.45, 7) is 4.89. The Labute approximate surface area is 57.6 Å². The third kappa shape index (κ3) is 0.720. The van der Waals surface area contributed by atoms with Crippen molar-refractivity contribution in [3.05, 3.63) is 0 Å². The van der Waals surface area contributed by atoms with Crippen LogP contribution in [0.5, 0.6) is 0 Å². The van der Waals surface area contributed by atoms with Gasteiger partial charge in [-0.05, 0) is 30.1 Å². The zero-order valence-electron chi connectivity index (χ0n) is 6.48. The lowest BCUT2D eigenvalue weighted by Crippen LogP contribution is -2.11. The summed E-state index contributed by atoms with van der Waals surface area (Å²) >= 11 is 0. The molecule has 0 unspecified atom stereocenters. The van der Waals surface area contributed by atoms with Crippen LogP contribution in [0, 0.1) is 17.3 Å². The Morgan fingerprint density at radius 2 is 2.22 bits per heavy atom. The highest BCUT2D eigenvalue weighted by Crippen LogP contribution is 2.62. The van der Waals surface area contributed by atoms with E-state index in [0.29, 0.717) is 0 Å². The van der Waals surface area contributed by atoms with Crippen molar-refractivity contribution in [3.63, 3.8) is 0 Å². The van der Waals surface area contributed by atoms with E-state index in [9.17, 15) is 0 Å². The molecule has 0 aromatic carbocycles. The van der Waals surface area contributed by atoms with E-state index < -0.39 is 0 Å². The van der Waals surface area contributed by atoms with Gasteiger partial charge in [-0.25, -0.2) is 0 Å². The lowest BCUT2D eigenvalue weighted by molar-refractivity contribution is 0.288. The Kier molecular flexibility index (Phi) is 0.980. The van der Waals surface area contributed by atoms with Crippen molar-refractivity contribution >= 4 is 0 Å². The molecule has 0 N–H and O–H groups in total. The van der Waals surface area contributed by atoms with Gasteiger partial charge < -0.3 is 0 Å². The highest BCUT2D eigenvalue weighted by atomic mass is 14.6. The van der Waals surface area contributed by atoms with Crippen molar-refractivity contribution < 1.29 is 0 Å². The monoisotopic (exact) mass is 124 g/mol. The summed E-state index contributed by atoms with van der Waals surface area (Å²) in [6.07, 6.45) is 6.05. The largest absolute Gasteiger partial charge is 0.0622 e. The molecule has 2 aliphatic carbocycles. The van der Waals surface area contributed by atoms with Crippen LogP contribution in [0.3, 0.4) is 0 Å². The van der Waals surface area contributed by atoms with E-state index >= 15 is 0 Å². The minimum absolute atomic E-state index is 0.817. The van der Waals surface area contributed by atoms with Crippen LogP contribution in [0.4, 0.5) is 0 Å². The molecular formula is C9H16. The summed E-state index contributed by atoms with van der Waals surface area (Å²) < 4.78 is 0. The van der Waals surface area contributed by atoms with Gasteiger partial charge in [0, 0.05) is 0 Å². The van der Waals surface area contributed by atoms with E-state index in [4.69, 9.17) is 0 Å². The second-order valence-electron chi connectivity index (χ2n) is 4.33. The third-order valence-electron chi connectivity index (χ3n) is 3.52. The molecule has 0 aliphatic heterocycles. The maximum absolute atomic E-state index is 2.47. The summed E-state index contributed by atoms with van der Waals surface area (Å²) in [5.74, 6) is 2.16. The highest BCUT2D eigenvalue weighted by Gasteiger charge is 2.53. The predicted molar refractivity (Wildman–Crippen MR) is 39.2 cm³/mol. The molecule has 0 amide bonds. The molecule has 0 heterocycles. The van der Waals surface area contributed by atoms with E-state index in [1.54, 1.807) is 0 Å². The van der Waals surface area contributed by atoms with Gasteiger partial charge in [0.05, 0.1) is 0 Å². The zero-order valence-corrected chi connectivity index (χ0v) is 6.48. The van der Waals surface area contributed by atoms with Crippen LogP contribution in [-0.2, 0) is 0 Å². The SMILES string of the molecule is C[C@@H]1CCC[C@]2(C)C[C@@H]12. The van der Waals surface area contributed by atoms with Gasteiger partial charge in [-0.15, -0.1) is 0 Å². The lowest BCUT2D eigenvalue weighted by Gasteiger charge is -2.22. The highest BCUT2D eigenvalue weighted by molar-refractivity contribution is 5.03. The van der Waals surface area contributed by atoms with E-state index in [2.05, 4.69) is 13.8 Å². The van der Waals surface area contributed by atoms with E-state index in [1.807, 2.05) is 0 Å². The molecule has 0 nitrogen and oxygen atoms in total. The fourth-order valence-electron chi connectivity index (χ4n) is 2.65. The quantitative estimate of drug-likeness (QED) is 0.466. The smallest absolute Gasteiger partial charge is 0.0292 e. The topological polar surface area (TPSA) is 0 Å². The van der Waals surface area contributed by atoms with Gasteiger partial charge >= 0.3 is 0 Å². The van der Waals surface area contributed by atoms with E-state index in [-0.39, 0.29) is 0 Å². The summed E-state index contributed by atoms with van der Waals surface area (Å²) in [5, 5.41) is 0. The van der Waals surface area contributed by atoms with Crippen LogP contribution in [0.1, 0.15) is 39.5 Å². The van der Waals surface area contributed by atoms with E-state index in [0.717, 1.165) is 17.3 Å². The molecule has 2 fully saturated rings. The molecule has 0 bridgehead atoms. The lowest BCUT2D eigenvalue weighted by atomic mass is 9.84. The van der Waals surface area contributed by atoms with Crippen LogP contribution >= 0.6 is 0 Å². The van der Waals surface area contributed by atoms with Crippen LogP contribution in [0.15, 0.2) is 0 Å². The Morgan fingerprint density at radius 3 is 2.78 bits per heavy atom. The first kappa shape index (κ1) is 5.76. The molecule has 2 aliphatic rings.